The molecule has 3 aliphatic rings. The molecule has 5 nitrogen and oxygen atoms in total. The molecule has 122 valence electrons. The fourth-order valence-corrected chi connectivity index (χ4v) is 3.73. The first-order valence-electron chi connectivity index (χ1n) is 8.31. The number of ether oxygens (including phenoxy) is 2. The zero-order chi connectivity index (χ0) is 15.9. The number of likely N-dealkylation sites (tertiary alicyclic amines) is 1. The number of hydrogen-bond donors (Lipinski definition) is 0. The number of hydrogen-bond acceptors (Lipinski definition) is 4. The van der Waals surface area contributed by atoms with Crippen molar-refractivity contribution < 1.29 is 19.1 Å². The molecule has 1 amide bonds. The number of esters is 1. The van der Waals surface area contributed by atoms with Gasteiger partial charge in [-0.1, -0.05) is 39.3 Å². The molecular formula is C17H25NO4. The molecule has 0 radical (unpaired) electrons. The predicted molar refractivity (Wildman–Crippen MR) is 81.0 cm³/mol. The highest BCUT2D eigenvalue weighted by Gasteiger charge is 2.67. The molecule has 0 N–H and O–H groups in total. The van der Waals surface area contributed by atoms with Gasteiger partial charge in [-0.3, -0.25) is 9.59 Å². The summed E-state index contributed by atoms with van der Waals surface area (Å²) >= 11 is 0. The van der Waals surface area contributed by atoms with Crippen LogP contribution in [0.5, 0.6) is 0 Å². The van der Waals surface area contributed by atoms with E-state index in [4.69, 9.17) is 9.47 Å². The minimum Gasteiger partial charge on any atom is -0.465 e. The quantitative estimate of drug-likeness (QED) is 0.554. The summed E-state index contributed by atoms with van der Waals surface area (Å²) in [6.45, 7) is 7.80. The van der Waals surface area contributed by atoms with E-state index in [-0.39, 0.29) is 23.9 Å². The van der Waals surface area contributed by atoms with Gasteiger partial charge in [-0.2, -0.15) is 0 Å². The number of carbonyl (C=O) groups excluding carboxylic acids is 2. The lowest BCUT2D eigenvalue weighted by atomic mass is 9.77. The second-order valence-electron chi connectivity index (χ2n) is 7.04. The molecule has 0 aromatic carbocycles. The maximum Gasteiger partial charge on any atom is 0.312 e. The monoisotopic (exact) mass is 307 g/mol. The van der Waals surface area contributed by atoms with E-state index in [0.29, 0.717) is 13.2 Å². The van der Waals surface area contributed by atoms with E-state index >= 15 is 0 Å². The molecule has 0 saturated carbocycles. The summed E-state index contributed by atoms with van der Waals surface area (Å²) in [4.78, 5) is 27.0. The lowest BCUT2D eigenvalue weighted by Crippen LogP contribution is -2.40. The first-order chi connectivity index (χ1) is 10.5. The van der Waals surface area contributed by atoms with Crippen LogP contribution < -0.4 is 0 Å². The summed E-state index contributed by atoms with van der Waals surface area (Å²) in [5.74, 6) is -0.845. The molecule has 2 bridgehead atoms. The van der Waals surface area contributed by atoms with Gasteiger partial charge in [0.1, 0.15) is 11.5 Å². The molecule has 22 heavy (non-hydrogen) atoms. The zero-order valence-corrected chi connectivity index (χ0v) is 13.6. The second-order valence-corrected chi connectivity index (χ2v) is 7.04. The van der Waals surface area contributed by atoms with E-state index in [9.17, 15) is 9.59 Å². The van der Waals surface area contributed by atoms with Gasteiger partial charge in [0.2, 0.25) is 5.91 Å². The SMILES string of the molecule is CCCCN1C[C@]23C=C[C@@H](O2)[C@@H](C(=O)OCC(C)C)[C@@H]3C1=O. The van der Waals surface area contributed by atoms with Crippen LogP contribution in [0.4, 0.5) is 0 Å². The van der Waals surface area contributed by atoms with Gasteiger partial charge in [0.25, 0.3) is 0 Å². The molecule has 3 aliphatic heterocycles. The minimum atomic E-state index is -0.600. The summed E-state index contributed by atoms with van der Waals surface area (Å²) in [6, 6.07) is 0. The summed E-state index contributed by atoms with van der Waals surface area (Å²) in [6.07, 6.45) is 5.62. The Labute approximate surface area is 131 Å². The van der Waals surface area contributed by atoms with Crippen molar-refractivity contribution in [3.63, 3.8) is 0 Å². The average Bonchev–Trinajstić information content (AvgIpc) is 3.11. The van der Waals surface area contributed by atoms with Crippen molar-refractivity contribution >= 4 is 11.9 Å². The van der Waals surface area contributed by atoms with Crippen LogP contribution in [0.3, 0.4) is 0 Å². The summed E-state index contributed by atoms with van der Waals surface area (Å²) in [5, 5.41) is 0. The fraction of sp³-hybridized carbons (Fsp3) is 0.765. The van der Waals surface area contributed by atoms with E-state index in [1.807, 2.05) is 30.9 Å². The Morgan fingerprint density at radius 2 is 2.32 bits per heavy atom. The van der Waals surface area contributed by atoms with Crippen LogP contribution in [0.25, 0.3) is 0 Å². The molecule has 2 saturated heterocycles. The van der Waals surface area contributed by atoms with Gasteiger partial charge >= 0.3 is 5.97 Å². The first kappa shape index (κ1) is 15.5. The van der Waals surface area contributed by atoms with Crippen molar-refractivity contribution in [1.82, 2.24) is 4.90 Å². The van der Waals surface area contributed by atoms with Crippen LogP contribution in [-0.2, 0) is 19.1 Å². The molecule has 3 rings (SSSR count). The second kappa shape index (κ2) is 5.69. The van der Waals surface area contributed by atoms with Crippen molar-refractivity contribution in [3.05, 3.63) is 12.2 Å². The normalized spacial score (nSPS) is 35.5. The van der Waals surface area contributed by atoms with E-state index in [2.05, 4.69) is 6.92 Å². The Morgan fingerprint density at radius 3 is 3.00 bits per heavy atom. The third-order valence-electron chi connectivity index (χ3n) is 4.79. The lowest BCUT2D eigenvalue weighted by Gasteiger charge is -2.23. The first-order valence-corrected chi connectivity index (χ1v) is 8.31. The van der Waals surface area contributed by atoms with E-state index in [0.717, 1.165) is 19.4 Å². The highest BCUT2D eigenvalue weighted by atomic mass is 16.6. The number of carbonyl (C=O) groups is 2. The fourth-order valence-electron chi connectivity index (χ4n) is 3.73. The summed E-state index contributed by atoms with van der Waals surface area (Å²) in [7, 11) is 0. The highest BCUT2D eigenvalue weighted by Crippen LogP contribution is 2.52. The Morgan fingerprint density at radius 1 is 1.55 bits per heavy atom. The Balaban J connectivity index is 1.76. The van der Waals surface area contributed by atoms with Gasteiger partial charge in [-0.15, -0.1) is 0 Å². The van der Waals surface area contributed by atoms with E-state index < -0.39 is 17.4 Å². The number of nitrogens with zero attached hydrogens (tertiary/aromatic N) is 1. The maximum absolute atomic E-state index is 12.7. The van der Waals surface area contributed by atoms with Crippen molar-refractivity contribution in [2.45, 2.75) is 45.3 Å². The molecule has 1 spiro atoms. The van der Waals surface area contributed by atoms with Crippen LogP contribution >= 0.6 is 0 Å². The predicted octanol–water partition coefficient (Wildman–Crippen LogP) is 1.77. The van der Waals surface area contributed by atoms with Crippen molar-refractivity contribution in [1.29, 1.82) is 0 Å². The molecular weight excluding hydrogens is 282 g/mol. The molecule has 2 fully saturated rings. The lowest BCUT2D eigenvalue weighted by molar-refractivity contribution is -0.154. The molecule has 5 heteroatoms. The van der Waals surface area contributed by atoms with Crippen LogP contribution in [0.1, 0.15) is 33.6 Å². The number of unbranched alkanes of at least 4 members (excludes halogenated alkanes) is 1. The van der Waals surface area contributed by atoms with Crippen LogP contribution in [0.15, 0.2) is 12.2 Å². The van der Waals surface area contributed by atoms with Crippen LogP contribution in [0.2, 0.25) is 0 Å². The van der Waals surface area contributed by atoms with Crippen LogP contribution in [0, 0.1) is 17.8 Å². The standard InChI is InChI=1S/C17H25NO4/c1-4-5-8-18-10-17-7-6-12(22-17)13(14(17)15(18)19)16(20)21-9-11(2)3/h6-7,11-14H,4-5,8-10H2,1-3H3/t12-,13-,14-,17+/m1/s1. The van der Waals surface area contributed by atoms with Crippen LogP contribution in [-0.4, -0.2) is 48.2 Å². The van der Waals surface area contributed by atoms with Crippen molar-refractivity contribution in [2.24, 2.45) is 17.8 Å². The average molecular weight is 307 g/mol. The van der Waals surface area contributed by atoms with Crippen molar-refractivity contribution in [2.75, 3.05) is 19.7 Å². The molecule has 0 unspecified atom stereocenters. The third-order valence-corrected chi connectivity index (χ3v) is 4.79. The third kappa shape index (κ3) is 2.35. The van der Waals surface area contributed by atoms with E-state index in [1.54, 1.807) is 0 Å². The topological polar surface area (TPSA) is 55.8 Å². The van der Waals surface area contributed by atoms with Gasteiger partial charge < -0.3 is 14.4 Å². The van der Waals surface area contributed by atoms with Gasteiger partial charge in [-0.25, -0.2) is 0 Å². The number of amides is 1. The van der Waals surface area contributed by atoms with E-state index in [1.165, 1.54) is 0 Å². The molecule has 0 aromatic rings. The Bertz CT molecular complexity index is 501. The Kier molecular flexibility index (Phi) is 4.02. The summed E-state index contributed by atoms with van der Waals surface area (Å²) in [5.41, 5.74) is -0.600. The smallest absolute Gasteiger partial charge is 0.312 e. The number of rotatable bonds is 6. The van der Waals surface area contributed by atoms with Gasteiger partial charge in [0, 0.05) is 6.54 Å². The molecule has 4 atom stereocenters. The number of fused-ring (bicyclic) bond motifs is 1. The van der Waals surface area contributed by atoms with Gasteiger partial charge in [-0.05, 0) is 12.3 Å². The largest absolute Gasteiger partial charge is 0.465 e. The minimum absolute atomic E-state index is 0.0480. The van der Waals surface area contributed by atoms with Crippen molar-refractivity contribution in [3.8, 4) is 0 Å². The highest BCUT2D eigenvalue weighted by molar-refractivity contribution is 5.91. The Hall–Kier alpha value is -1.36. The molecule has 0 aromatic heterocycles. The molecule has 3 heterocycles. The van der Waals surface area contributed by atoms with Gasteiger partial charge in [0.05, 0.1) is 25.2 Å². The summed E-state index contributed by atoms with van der Waals surface area (Å²) < 4.78 is 11.4. The molecule has 0 aliphatic carbocycles. The van der Waals surface area contributed by atoms with Gasteiger partial charge in [0.15, 0.2) is 0 Å². The maximum atomic E-state index is 12.7. The zero-order valence-electron chi connectivity index (χ0n) is 13.6.